The van der Waals surface area contributed by atoms with Gasteiger partial charge in [-0.25, -0.2) is 4.79 Å². The fourth-order valence-corrected chi connectivity index (χ4v) is 3.49. The molecule has 1 aromatic rings. The second-order valence-electron chi connectivity index (χ2n) is 5.29. The minimum Gasteiger partial charge on any atom is -0.465 e. The number of methoxy groups -OCH3 is 1. The van der Waals surface area contributed by atoms with Gasteiger partial charge in [0, 0.05) is 12.5 Å². The lowest BCUT2D eigenvalue weighted by Crippen LogP contribution is -2.47. The van der Waals surface area contributed by atoms with Crippen LogP contribution >= 0.6 is 11.3 Å². The normalized spacial score (nSPS) is 18.7. The Morgan fingerprint density at radius 3 is 2.62 bits per heavy atom. The van der Waals surface area contributed by atoms with Gasteiger partial charge in [-0.1, -0.05) is 17.9 Å². The summed E-state index contributed by atoms with van der Waals surface area (Å²) in [5.41, 5.74) is 0.362. The van der Waals surface area contributed by atoms with E-state index < -0.39 is 16.7 Å². The number of hydrogen-bond acceptors (Lipinski definition) is 6. The van der Waals surface area contributed by atoms with E-state index in [9.17, 15) is 19.5 Å². The van der Waals surface area contributed by atoms with E-state index in [4.69, 9.17) is 4.74 Å². The number of amides is 2. The van der Waals surface area contributed by atoms with Crippen molar-refractivity contribution in [3.63, 3.8) is 0 Å². The molecular weight excluding hydrogens is 334 g/mol. The van der Waals surface area contributed by atoms with Crippen molar-refractivity contribution >= 4 is 40.8 Å². The summed E-state index contributed by atoms with van der Waals surface area (Å²) in [6.07, 6.45) is 0.766. The van der Waals surface area contributed by atoms with Crippen LogP contribution in [0.3, 0.4) is 0 Å². The van der Waals surface area contributed by atoms with Crippen molar-refractivity contribution in [2.45, 2.75) is 33.1 Å². The Labute approximate surface area is 143 Å². The number of fused-ring (bicyclic) bond motifs is 1. The number of carbonyl (C=O) groups excluding carboxylic acids is 2. The number of rotatable bonds is 5. The first kappa shape index (κ1) is 18.1. The molecule has 0 saturated heterocycles. The Hall–Kier alpha value is -2.26. The number of amidine groups is 1. The van der Waals surface area contributed by atoms with E-state index in [-0.39, 0.29) is 23.2 Å². The Kier molecular flexibility index (Phi) is 5.35. The van der Waals surface area contributed by atoms with Gasteiger partial charge in [0.15, 0.2) is 5.69 Å². The topological polar surface area (TPSA) is 105 Å². The molecule has 0 aromatic carbocycles. The molecule has 130 valence electrons. The fourth-order valence-electron chi connectivity index (χ4n) is 2.43. The van der Waals surface area contributed by atoms with E-state index in [0.29, 0.717) is 17.0 Å². The lowest BCUT2D eigenvalue weighted by Gasteiger charge is -2.19. The van der Waals surface area contributed by atoms with Crippen LogP contribution in [0.1, 0.15) is 47.7 Å². The maximum atomic E-state index is 12.0. The van der Waals surface area contributed by atoms with Crippen LogP contribution in [0.2, 0.25) is 0 Å². The Bertz CT molecular complexity index is 712. The number of nitrogens with zero attached hydrogens (tertiary/aromatic N) is 2. The molecule has 2 N–H and O–H groups in total. The molecule has 0 saturated carbocycles. The highest BCUT2D eigenvalue weighted by atomic mass is 32.1. The zero-order valence-corrected chi connectivity index (χ0v) is 14.6. The summed E-state index contributed by atoms with van der Waals surface area (Å²) in [7, 11) is 1.26. The summed E-state index contributed by atoms with van der Waals surface area (Å²) in [6, 6.07) is 1.47. The lowest BCUT2D eigenvalue weighted by atomic mass is 10.2. The van der Waals surface area contributed by atoms with Crippen LogP contribution in [-0.2, 0) is 9.53 Å². The molecule has 0 bridgehead atoms. The van der Waals surface area contributed by atoms with E-state index in [0.717, 1.165) is 24.2 Å². The number of esters is 1. The highest BCUT2D eigenvalue weighted by Gasteiger charge is 2.49. The quantitative estimate of drug-likeness (QED) is 0.624. The van der Waals surface area contributed by atoms with Crippen LogP contribution < -0.4 is 9.91 Å². The van der Waals surface area contributed by atoms with Gasteiger partial charge in [0.05, 0.1) is 7.11 Å². The first-order valence-corrected chi connectivity index (χ1v) is 8.46. The third kappa shape index (κ3) is 3.04. The van der Waals surface area contributed by atoms with Crippen molar-refractivity contribution < 1.29 is 24.2 Å². The van der Waals surface area contributed by atoms with Crippen LogP contribution in [0.5, 0.6) is 0 Å². The lowest BCUT2D eigenvalue weighted by molar-refractivity contribution is -0.119. The van der Waals surface area contributed by atoms with E-state index in [1.165, 1.54) is 13.2 Å². The largest absolute Gasteiger partial charge is 0.546 e. The van der Waals surface area contributed by atoms with Crippen molar-refractivity contribution in [2.75, 3.05) is 13.7 Å². The first-order chi connectivity index (χ1) is 11.4. The number of carbonyl (C=O) groups is 3. The molecule has 1 aliphatic rings. The maximum absolute atomic E-state index is 12.0. The second kappa shape index (κ2) is 7.10. The van der Waals surface area contributed by atoms with Crippen molar-refractivity contribution in [2.24, 2.45) is 5.10 Å². The van der Waals surface area contributed by atoms with Crippen molar-refractivity contribution in [3.05, 3.63) is 15.8 Å². The van der Waals surface area contributed by atoms with Crippen LogP contribution in [0, 0.1) is 0 Å². The molecule has 8 nitrogen and oxygen atoms in total. The molecule has 0 spiro atoms. The zero-order chi connectivity index (χ0) is 17.9. The molecule has 0 fully saturated rings. The molecule has 1 aromatic heterocycles. The number of hydrogen-bond donors (Lipinski definition) is 2. The van der Waals surface area contributed by atoms with Gasteiger partial charge in [-0.3, -0.25) is 4.79 Å². The summed E-state index contributed by atoms with van der Waals surface area (Å²) < 4.78 is 3.99. The third-order valence-corrected chi connectivity index (χ3v) is 4.88. The Morgan fingerprint density at radius 1 is 1.38 bits per heavy atom. The molecule has 24 heavy (non-hydrogen) atoms. The molecule has 1 aliphatic heterocycles. The number of nitrogens with one attached hydrogen (secondary N) is 1. The number of carboxylic acid groups (broad SMARTS) is 1. The van der Waals surface area contributed by atoms with Gasteiger partial charge < -0.3 is 15.2 Å². The van der Waals surface area contributed by atoms with Gasteiger partial charge in [0.1, 0.15) is 16.3 Å². The standard InChI is InChI=1S/C15H19N3O5S/c1-4-6-7-11(19)16-13-12-9(8-10(24-12)14(20)23-3)18(5-2,17-13)15(21)22/h8H,4-7H2,1-3H3,(H-,16,17,19,21,22)/p+1. The monoisotopic (exact) mass is 354 g/mol. The molecule has 2 rings (SSSR count). The fraction of sp³-hybridized carbons (Fsp3) is 0.467. The van der Waals surface area contributed by atoms with E-state index in [2.05, 4.69) is 10.4 Å². The third-order valence-electron chi connectivity index (χ3n) is 3.77. The van der Waals surface area contributed by atoms with Gasteiger partial charge in [-0.2, -0.15) is 4.79 Å². The van der Waals surface area contributed by atoms with Crippen LogP contribution in [0.4, 0.5) is 10.5 Å². The number of unbranched alkanes of at least 4 members (excludes halogenated alkanes) is 1. The number of quaternary nitrogens is 1. The minimum atomic E-state index is -1.18. The maximum Gasteiger partial charge on any atom is 0.546 e. The molecule has 1 unspecified atom stereocenters. The summed E-state index contributed by atoms with van der Waals surface area (Å²) in [4.78, 5) is 36.3. The number of ether oxygens (including phenoxy) is 1. The van der Waals surface area contributed by atoms with Gasteiger partial charge in [-0.05, 0) is 18.4 Å². The highest BCUT2D eigenvalue weighted by Crippen LogP contribution is 2.41. The van der Waals surface area contributed by atoms with Crippen molar-refractivity contribution in [1.82, 2.24) is 9.91 Å². The van der Waals surface area contributed by atoms with E-state index in [1.54, 1.807) is 6.92 Å². The predicted octanol–water partition coefficient (Wildman–Crippen LogP) is 2.52. The SMILES string of the molecule is CCCCC(=O)NC1=N[N+](CC)(C(=O)O)c2cc(C(=O)OC)sc21. The Morgan fingerprint density at radius 2 is 2.08 bits per heavy atom. The molecule has 0 radical (unpaired) electrons. The van der Waals surface area contributed by atoms with Crippen LogP contribution in [0.15, 0.2) is 11.2 Å². The summed E-state index contributed by atoms with van der Waals surface area (Å²) in [6.45, 7) is 3.80. The second-order valence-corrected chi connectivity index (χ2v) is 6.34. The average Bonchev–Trinajstić information content (AvgIpc) is 3.11. The number of thiophene rings is 1. The first-order valence-electron chi connectivity index (χ1n) is 7.64. The molecule has 1 atom stereocenters. The van der Waals surface area contributed by atoms with E-state index in [1.807, 2.05) is 6.92 Å². The molecule has 9 heteroatoms. The van der Waals surface area contributed by atoms with Gasteiger partial charge in [0.2, 0.25) is 11.7 Å². The van der Waals surface area contributed by atoms with Crippen LogP contribution in [0.25, 0.3) is 0 Å². The summed E-state index contributed by atoms with van der Waals surface area (Å²) in [5.74, 6) is -0.586. The molecule has 2 amide bonds. The zero-order valence-electron chi connectivity index (χ0n) is 13.8. The predicted molar refractivity (Wildman–Crippen MR) is 90.2 cm³/mol. The summed E-state index contributed by atoms with van der Waals surface area (Å²) >= 11 is 1.06. The molecule has 0 aliphatic carbocycles. The van der Waals surface area contributed by atoms with Crippen LogP contribution in [-0.4, -0.2) is 42.6 Å². The highest BCUT2D eigenvalue weighted by molar-refractivity contribution is 7.16. The molecule has 2 heterocycles. The summed E-state index contributed by atoms with van der Waals surface area (Å²) in [5, 5.41) is 16.5. The minimum absolute atomic E-state index is 0.147. The van der Waals surface area contributed by atoms with Crippen molar-refractivity contribution in [3.8, 4) is 0 Å². The smallest absolute Gasteiger partial charge is 0.465 e. The van der Waals surface area contributed by atoms with Gasteiger partial charge in [0.25, 0.3) is 0 Å². The van der Waals surface area contributed by atoms with Crippen molar-refractivity contribution in [1.29, 1.82) is 0 Å². The van der Waals surface area contributed by atoms with E-state index >= 15 is 0 Å². The molecular formula is C15H20N3O5S+. The Balaban J connectivity index is 2.44. The van der Waals surface area contributed by atoms with Gasteiger partial charge >= 0.3 is 12.1 Å². The van der Waals surface area contributed by atoms with Gasteiger partial charge in [-0.15, -0.1) is 11.3 Å². The average molecular weight is 354 g/mol.